The molecule has 1 heterocycles. The normalized spacial score (nSPS) is 14.3. The molecule has 30 heavy (non-hydrogen) atoms. The van der Waals surface area contributed by atoms with E-state index in [1.807, 2.05) is 42.5 Å². The summed E-state index contributed by atoms with van der Waals surface area (Å²) in [7, 11) is 1.59. The zero-order valence-corrected chi connectivity index (χ0v) is 20.0. The van der Waals surface area contributed by atoms with Crippen molar-refractivity contribution in [3.8, 4) is 11.5 Å². The molecule has 164 valence electrons. The number of methoxy groups -OCH3 is 1. The van der Waals surface area contributed by atoms with Crippen LogP contribution in [0.25, 0.3) is 0 Å². The van der Waals surface area contributed by atoms with Crippen molar-refractivity contribution in [2.24, 2.45) is 10.7 Å². The Morgan fingerprint density at radius 1 is 1.10 bits per heavy atom. The van der Waals surface area contributed by atoms with Gasteiger partial charge >= 0.3 is 0 Å². The minimum Gasteiger partial charge on any atom is -0.493 e. The molecule has 9 heteroatoms. The Morgan fingerprint density at radius 2 is 1.80 bits per heavy atom. The first-order valence-electron chi connectivity index (χ1n) is 9.56. The summed E-state index contributed by atoms with van der Waals surface area (Å²) >= 11 is 5.97. The van der Waals surface area contributed by atoms with Crippen molar-refractivity contribution in [3.63, 3.8) is 0 Å². The number of benzene rings is 2. The van der Waals surface area contributed by atoms with Crippen LogP contribution in [0.1, 0.15) is 5.56 Å². The van der Waals surface area contributed by atoms with Crippen LogP contribution in [0.15, 0.2) is 47.5 Å². The molecule has 3 rings (SSSR count). The molecule has 0 saturated carbocycles. The summed E-state index contributed by atoms with van der Waals surface area (Å²) in [5, 5.41) is 9.64. The van der Waals surface area contributed by atoms with Gasteiger partial charge in [-0.3, -0.25) is 0 Å². The summed E-state index contributed by atoms with van der Waals surface area (Å²) in [5.74, 6) is 1.75. The van der Waals surface area contributed by atoms with E-state index in [9.17, 15) is 0 Å². The third kappa shape index (κ3) is 6.55. The zero-order valence-electron chi connectivity index (χ0n) is 17.0. The van der Waals surface area contributed by atoms with E-state index in [2.05, 4.69) is 14.8 Å². The Balaban J connectivity index is 0.00000320. The summed E-state index contributed by atoms with van der Waals surface area (Å²) < 4.78 is 10.8. The van der Waals surface area contributed by atoms with E-state index in [0.717, 1.165) is 36.8 Å². The second-order valence-electron chi connectivity index (χ2n) is 6.68. The molecule has 0 aromatic heterocycles. The van der Waals surface area contributed by atoms with Crippen LogP contribution >= 0.6 is 35.6 Å². The van der Waals surface area contributed by atoms with Crippen molar-refractivity contribution in [1.29, 1.82) is 0 Å². The molecule has 1 fully saturated rings. The highest BCUT2D eigenvalue weighted by molar-refractivity contribution is 14.0. The highest BCUT2D eigenvalue weighted by Gasteiger charge is 2.18. The minimum atomic E-state index is -0.0446. The lowest BCUT2D eigenvalue weighted by molar-refractivity contribution is 0.196. The molecule has 0 aliphatic carbocycles. The standard InChI is InChI=1S/C21H27ClN4O3.HI/c1-28-20-14-16(2-7-19(20)29-13-12-27)15-24-21(23)26-10-8-25(9-11-26)18-5-3-17(22)4-6-18;/h2-7,14,27H,8-13,15H2,1H3,(H2,23,24);1H. The molecule has 0 radical (unpaired) electrons. The number of nitrogens with two attached hydrogens (primary N) is 1. The summed E-state index contributed by atoms with van der Waals surface area (Å²) in [4.78, 5) is 8.96. The van der Waals surface area contributed by atoms with Gasteiger partial charge in [0.1, 0.15) is 6.61 Å². The van der Waals surface area contributed by atoms with Crippen LogP contribution in [-0.2, 0) is 6.54 Å². The van der Waals surface area contributed by atoms with Gasteiger partial charge in [-0.1, -0.05) is 17.7 Å². The van der Waals surface area contributed by atoms with Gasteiger partial charge in [-0.15, -0.1) is 24.0 Å². The number of halogens is 2. The smallest absolute Gasteiger partial charge is 0.191 e. The Morgan fingerprint density at radius 3 is 2.43 bits per heavy atom. The first kappa shape index (κ1) is 24.4. The summed E-state index contributed by atoms with van der Waals surface area (Å²) in [6.07, 6.45) is 0. The average molecular weight is 547 g/mol. The summed E-state index contributed by atoms with van der Waals surface area (Å²) in [6.45, 7) is 4.02. The van der Waals surface area contributed by atoms with Gasteiger partial charge in [-0.05, 0) is 42.0 Å². The predicted octanol–water partition coefficient (Wildman–Crippen LogP) is 2.97. The van der Waals surface area contributed by atoms with Crippen molar-refractivity contribution in [2.45, 2.75) is 6.54 Å². The van der Waals surface area contributed by atoms with Gasteiger partial charge < -0.3 is 30.1 Å². The van der Waals surface area contributed by atoms with E-state index in [4.69, 9.17) is 31.9 Å². The summed E-state index contributed by atoms with van der Waals surface area (Å²) in [5.41, 5.74) is 8.36. The Hall–Kier alpha value is -1.91. The van der Waals surface area contributed by atoms with Crippen LogP contribution in [0.4, 0.5) is 5.69 Å². The topological polar surface area (TPSA) is 83.6 Å². The average Bonchev–Trinajstić information content (AvgIpc) is 2.77. The number of piperazine rings is 1. The van der Waals surface area contributed by atoms with Crippen molar-refractivity contribution in [3.05, 3.63) is 53.1 Å². The van der Waals surface area contributed by atoms with E-state index >= 15 is 0 Å². The molecular weight excluding hydrogens is 519 g/mol. The van der Waals surface area contributed by atoms with Gasteiger partial charge in [0.25, 0.3) is 0 Å². The van der Waals surface area contributed by atoms with E-state index < -0.39 is 0 Å². The van der Waals surface area contributed by atoms with Gasteiger partial charge in [-0.2, -0.15) is 0 Å². The van der Waals surface area contributed by atoms with Gasteiger partial charge in [0.2, 0.25) is 0 Å². The number of hydrogen-bond acceptors (Lipinski definition) is 5. The Bertz CT molecular complexity index is 828. The number of rotatable bonds is 7. The van der Waals surface area contributed by atoms with Crippen molar-refractivity contribution in [1.82, 2.24) is 4.90 Å². The highest BCUT2D eigenvalue weighted by Crippen LogP contribution is 2.28. The maximum Gasteiger partial charge on any atom is 0.191 e. The van der Waals surface area contributed by atoms with E-state index in [-0.39, 0.29) is 37.2 Å². The molecule has 7 nitrogen and oxygen atoms in total. The molecule has 0 bridgehead atoms. The van der Waals surface area contributed by atoms with Crippen LogP contribution < -0.4 is 20.1 Å². The number of hydrogen-bond donors (Lipinski definition) is 2. The van der Waals surface area contributed by atoms with Crippen LogP contribution in [0.5, 0.6) is 11.5 Å². The van der Waals surface area contributed by atoms with Gasteiger partial charge in [0.05, 0.1) is 20.3 Å². The van der Waals surface area contributed by atoms with Crippen LogP contribution in [0.3, 0.4) is 0 Å². The maximum atomic E-state index is 8.90. The number of aliphatic hydroxyl groups is 1. The first-order valence-corrected chi connectivity index (χ1v) is 9.94. The largest absolute Gasteiger partial charge is 0.493 e. The van der Waals surface area contributed by atoms with Crippen LogP contribution in [0.2, 0.25) is 5.02 Å². The monoisotopic (exact) mass is 546 g/mol. The lowest BCUT2D eigenvalue weighted by Crippen LogP contribution is -2.51. The summed E-state index contributed by atoms with van der Waals surface area (Å²) in [6, 6.07) is 13.5. The van der Waals surface area contributed by atoms with Crippen molar-refractivity contribution >= 4 is 47.2 Å². The molecule has 1 aliphatic rings. The SMILES string of the molecule is COc1cc(CN=C(N)N2CCN(c3ccc(Cl)cc3)CC2)ccc1OCCO.I. The number of nitrogens with zero attached hydrogens (tertiary/aromatic N) is 3. The highest BCUT2D eigenvalue weighted by atomic mass is 127. The number of aliphatic hydroxyl groups excluding tert-OH is 1. The molecule has 1 saturated heterocycles. The third-order valence-electron chi connectivity index (χ3n) is 4.80. The maximum absolute atomic E-state index is 8.90. The predicted molar refractivity (Wildman–Crippen MR) is 132 cm³/mol. The lowest BCUT2D eigenvalue weighted by atomic mass is 10.2. The molecule has 1 aliphatic heterocycles. The van der Waals surface area contributed by atoms with Gasteiger partial charge in [0.15, 0.2) is 17.5 Å². The molecule has 0 spiro atoms. The fourth-order valence-corrected chi connectivity index (χ4v) is 3.33. The second-order valence-corrected chi connectivity index (χ2v) is 7.12. The molecule has 2 aromatic rings. The molecular formula is C21H28ClIN4O3. The number of anilines is 1. The van der Waals surface area contributed by atoms with E-state index in [1.54, 1.807) is 7.11 Å². The molecule has 3 N–H and O–H groups in total. The molecule has 2 aromatic carbocycles. The minimum absolute atomic E-state index is 0. The third-order valence-corrected chi connectivity index (χ3v) is 5.05. The van der Waals surface area contributed by atoms with Gasteiger partial charge in [-0.25, -0.2) is 4.99 Å². The van der Waals surface area contributed by atoms with E-state index in [0.29, 0.717) is 24.0 Å². The fraction of sp³-hybridized carbons (Fsp3) is 0.381. The molecule has 0 unspecified atom stereocenters. The fourth-order valence-electron chi connectivity index (χ4n) is 3.20. The Labute approximate surface area is 199 Å². The first-order chi connectivity index (χ1) is 14.1. The van der Waals surface area contributed by atoms with Crippen LogP contribution in [-0.4, -0.2) is 62.5 Å². The number of guanidine groups is 1. The van der Waals surface area contributed by atoms with Crippen molar-refractivity contribution < 1.29 is 14.6 Å². The molecule has 0 amide bonds. The lowest BCUT2D eigenvalue weighted by Gasteiger charge is -2.36. The van der Waals surface area contributed by atoms with Gasteiger partial charge in [0, 0.05) is 36.9 Å². The van der Waals surface area contributed by atoms with E-state index in [1.165, 1.54) is 5.69 Å². The number of ether oxygens (including phenoxy) is 2. The second kappa shape index (κ2) is 12.1. The Kier molecular flexibility index (Phi) is 9.80. The van der Waals surface area contributed by atoms with Crippen LogP contribution in [0, 0.1) is 0 Å². The number of aliphatic imine (C=N–C) groups is 1. The quantitative estimate of drug-likeness (QED) is 0.316. The zero-order chi connectivity index (χ0) is 20.6. The van der Waals surface area contributed by atoms with Crippen molar-refractivity contribution in [2.75, 3.05) is 51.4 Å². The molecule has 0 atom stereocenters.